The Morgan fingerprint density at radius 1 is 1.32 bits per heavy atom. The molecule has 0 aromatic heterocycles. The molecule has 0 radical (unpaired) electrons. The molecule has 2 atom stereocenters. The van der Waals surface area contributed by atoms with Gasteiger partial charge >= 0.3 is 6.09 Å². The quantitative estimate of drug-likeness (QED) is 0.634. The van der Waals surface area contributed by atoms with Crippen molar-refractivity contribution in [2.75, 3.05) is 26.2 Å². The van der Waals surface area contributed by atoms with Gasteiger partial charge in [-0.1, -0.05) is 30.3 Å². The van der Waals surface area contributed by atoms with Gasteiger partial charge in [-0.25, -0.2) is 4.79 Å². The zero-order chi connectivity index (χ0) is 17.6. The minimum Gasteiger partial charge on any atom is -0.450 e. The van der Waals surface area contributed by atoms with Crippen molar-refractivity contribution < 1.29 is 9.53 Å². The monoisotopic (exact) mass is 344 g/mol. The maximum absolute atomic E-state index is 11.7. The van der Waals surface area contributed by atoms with Crippen LogP contribution < -0.4 is 11.1 Å². The maximum Gasteiger partial charge on any atom is 0.409 e. The number of carbonyl (C=O) groups excluding carboxylic acids is 1. The maximum atomic E-state index is 11.7. The van der Waals surface area contributed by atoms with Gasteiger partial charge in [-0.3, -0.25) is 4.99 Å². The Kier molecular flexibility index (Phi) is 5.79. The van der Waals surface area contributed by atoms with Crippen molar-refractivity contribution in [3.63, 3.8) is 0 Å². The first-order valence-corrected chi connectivity index (χ1v) is 9.20. The number of hydrogen-bond acceptors (Lipinski definition) is 3. The van der Waals surface area contributed by atoms with Gasteiger partial charge in [-0.2, -0.15) is 0 Å². The molecule has 136 valence electrons. The number of amides is 1. The fraction of sp³-hybridized carbons (Fsp3) is 0.579. The molecular weight excluding hydrogens is 316 g/mol. The average Bonchev–Trinajstić information content (AvgIpc) is 3.41. The summed E-state index contributed by atoms with van der Waals surface area (Å²) in [6.07, 6.45) is 2.71. The van der Waals surface area contributed by atoms with Crippen LogP contribution in [0.1, 0.15) is 37.7 Å². The van der Waals surface area contributed by atoms with E-state index < -0.39 is 0 Å². The van der Waals surface area contributed by atoms with E-state index in [1.807, 2.05) is 13.0 Å². The molecule has 0 spiro atoms. The second-order valence-electron chi connectivity index (χ2n) is 6.84. The Balaban J connectivity index is 1.38. The Hall–Kier alpha value is -2.24. The van der Waals surface area contributed by atoms with E-state index in [4.69, 9.17) is 10.5 Å². The molecule has 1 saturated heterocycles. The minimum absolute atomic E-state index is 0.219. The summed E-state index contributed by atoms with van der Waals surface area (Å²) < 4.78 is 5.03. The fourth-order valence-corrected chi connectivity index (χ4v) is 3.45. The molecule has 6 nitrogen and oxygen atoms in total. The lowest BCUT2D eigenvalue weighted by Gasteiger charge is -2.31. The molecule has 3 N–H and O–H groups in total. The smallest absolute Gasteiger partial charge is 0.409 e. The molecule has 1 heterocycles. The van der Waals surface area contributed by atoms with Gasteiger partial charge in [-0.05, 0) is 43.6 Å². The Labute approximate surface area is 149 Å². The van der Waals surface area contributed by atoms with Gasteiger partial charge in [0.25, 0.3) is 0 Å². The molecule has 1 saturated carbocycles. The van der Waals surface area contributed by atoms with Gasteiger partial charge in [0.2, 0.25) is 0 Å². The van der Waals surface area contributed by atoms with Crippen LogP contribution in [0.2, 0.25) is 0 Å². The van der Waals surface area contributed by atoms with Crippen LogP contribution in [-0.2, 0) is 4.74 Å². The number of guanidine groups is 1. The van der Waals surface area contributed by atoms with Crippen LogP contribution in [0.3, 0.4) is 0 Å². The molecule has 1 amide bonds. The van der Waals surface area contributed by atoms with Crippen molar-refractivity contribution in [1.82, 2.24) is 10.2 Å². The van der Waals surface area contributed by atoms with E-state index in [-0.39, 0.29) is 12.1 Å². The van der Waals surface area contributed by atoms with Crippen LogP contribution in [0.15, 0.2) is 35.3 Å². The minimum atomic E-state index is -0.219. The van der Waals surface area contributed by atoms with E-state index in [0.29, 0.717) is 37.5 Å². The number of ether oxygens (including phenoxy) is 1. The molecule has 25 heavy (non-hydrogen) atoms. The SMILES string of the molecule is CCOC(=O)N1CCC(NC(N)=NCC2CC2c2ccccc2)CC1. The largest absolute Gasteiger partial charge is 0.450 e. The second-order valence-corrected chi connectivity index (χ2v) is 6.84. The van der Waals surface area contributed by atoms with Crippen LogP contribution in [0.25, 0.3) is 0 Å². The zero-order valence-electron chi connectivity index (χ0n) is 14.9. The van der Waals surface area contributed by atoms with Crippen molar-refractivity contribution in [3.8, 4) is 0 Å². The lowest BCUT2D eigenvalue weighted by Crippen LogP contribution is -2.48. The summed E-state index contributed by atoms with van der Waals surface area (Å²) in [4.78, 5) is 18.0. The predicted octanol–water partition coefficient (Wildman–Crippen LogP) is 2.32. The highest BCUT2D eigenvalue weighted by atomic mass is 16.6. The number of likely N-dealkylation sites (tertiary alicyclic amines) is 1. The molecule has 2 aliphatic rings. The summed E-state index contributed by atoms with van der Waals surface area (Å²) in [6.45, 7) is 4.42. The third kappa shape index (κ3) is 4.87. The second kappa shape index (κ2) is 8.23. The highest BCUT2D eigenvalue weighted by Crippen LogP contribution is 2.47. The number of carbonyl (C=O) groups is 1. The van der Waals surface area contributed by atoms with Crippen LogP contribution in [0.4, 0.5) is 4.79 Å². The number of aliphatic imine (C=N–C) groups is 1. The van der Waals surface area contributed by atoms with Crippen molar-refractivity contribution in [1.29, 1.82) is 0 Å². The molecule has 2 unspecified atom stereocenters. The third-order valence-corrected chi connectivity index (χ3v) is 5.02. The summed E-state index contributed by atoms with van der Waals surface area (Å²) >= 11 is 0. The lowest BCUT2D eigenvalue weighted by molar-refractivity contribution is 0.0963. The molecule has 0 bridgehead atoms. The summed E-state index contributed by atoms with van der Waals surface area (Å²) in [7, 11) is 0. The topological polar surface area (TPSA) is 80.0 Å². The number of benzene rings is 1. The van der Waals surface area contributed by atoms with Crippen molar-refractivity contribution in [2.24, 2.45) is 16.6 Å². The van der Waals surface area contributed by atoms with Crippen molar-refractivity contribution >= 4 is 12.1 Å². The molecule has 6 heteroatoms. The first kappa shape index (κ1) is 17.6. The number of piperidine rings is 1. The normalized spacial score (nSPS) is 24.0. The van der Waals surface area contributed by atoms with Crippen molar-refractivity contribution in [2.45, 2.75) is 38.1 Å². The highest BCUT2D eigenvalue weighted by Gasteiger charge is 2.37. The third-order valence-electron chi connectivity index (χ3n) is 5.02. The average molecular weight is 344 g/mol. The molecule has 2 fully saturated rings. The van der Waals surface area contributed by atoms with Gasteiger partial charge in [-0.15, -0.1) is 0 Å². The first-order chi connectivity index (χ1) is 12.2. The number of nitrogens with one attached hydrogen (secondary N) is 1. The fourth-order valence-electron chi connectivity index (χ4n) is 3.45. The van der Waals surface area contributed by atoms with Crippen LogP contribution in [0, 0.1) is 5.92 Å². The summed E-state index contributed by atoms with van der Waals surface area (Å²) in [5.41, 5.74) is 7.44. The predicted molar refractivity (Wildman–Crippen MR) is 98.5 cm³/mol. The zero-order valence-corrected chi connectivity index (χ0v) is 14.9. The number of rotatable bonds is 5. The number of nitrogens with two attached hydrogens (primary N) is 1. The Morgan fingerprint density at radius 3 is 2.72 bits per heavy atom. The van der Waals surface area contributed by atoms with Crippen LogP contribution in [0.5, 0.6) is 0 Å². The molecule has 3 rings (SSSR count). The van der Waals surface area contributed by atoms with Gasteiger partial charge < -0.3 is 20.7 Å². The Bertz CT molecular complexity index is 597. The van der Waals surface area contributed by atoms with E-state index in [1.165, 1.54) is 12.0 Å². The standard InChI is InChI=1S/C19H28N4O2/c1-2-25-19(24)23-10-8-16(9-11-23)22-18(20)21-13-15-12-17(15)14-6-4-3-5-7-14/h3-7,15-17H,2,8-13H2,1H3,(H3,20,21,22). The number of hydrogen-bond donors (Lipinski definition) is 2. The lowest BCUT2D eigenvalue weighted by atomic mass is 10.1. The highest BCUT2D eigenvalue weighted by molar-refractivity contribution is 5.78. The molecule has 1 aliphatic heterocycles. The van der Waals surface area contributed by atoms with E-state index >= 15 is 0 Å². The van der Waals surface area contributed by atoms with Crippen molar-refractivity contribution in [3.05, 3.63) is 35.9 Å². The van der Waals surface area contributed by atoms with Crippen LogP contribution >= 0.6 is 0 Å². The van der Waals surface area contributed by atoms with Gasteiger partial charge in [0, 0.05) is 25.7 Å². The van der Waals surface area contributed by atoms with E-state index in [1.54, 1.807) is 4.90 Å². The van der Waals surface area contributed by atoms with Gasteiger partial charge in [0.1, 0.15) is 0 Å². The Morgan fingerprint density at radius 2 is 2.04 bits per heavy atom. The number of nitrogens with zero attached hydrogens (tertiary/aromatic N) is 2. The van der Waals surface area contributed by atoms with E-state index in [0.717, 1.165) is 19.4 Å². The van der Waals surface area contributed by atoms with Gasteiger partial charge in [0.05, 0.1) is 6.61 Å². The molecule has 1 aromatic carbocycles. The van der Waals surface area contributed by atoms with Gasteiger partial charge in [0.15, 0.2) is 5.96 Å². The molecular formula is C19H28N4O2. The molecule has 1 aromatic rings. The first-order valence-electron chi connectivity index (χ1n) is 9.20. The summed E-state index contributed by atoms with van der Waals surface area (Å²) in [6, 6.07) is 10.9. The van der Waals surface area contributed by atoms with E-state index in [2.05, 4.69) is 34.6 Å². The van der Waals surface area contributed by atoms with E-state index in [9.17, 15) is 4.79 Å². The molecule has 1 aliphatic carbocycles. The summed E-state index contributed by atoms with van der Waals surface area (Å²) in [5, 5.41) is 3.30. The summed E-state index contributed by atoms with van der Waals surface area (Å²) in [5.74, 6) is 1.76. The van der Waals surface area contributed by atoms with Crippen LogP contribution in [-0.4, -0.2) is 49.2 Å².